The van der Waals surface area contributed by atoms with Crippen molar-refractivity contribution in [1.29, 1.82) is 0 Å². The van der Waals surface area contributed by atoms with Crippen LogP contribution >= 0.6 is 8.25 Å². The first kappa shape index (κ1) is 16.1. The SMILES string of the molecule is CC(C)CCCCCCCCCO[PH](=O)O. The van der Waals surface area contributed by atoms with Gasteiger partial charge in [0.2, 0.25) is 0 Å². The zero-order valence-electron chi connectivity index (χ0n) is 10.7. The molecule has 0 saturated carbocycles. The van der Waals surface area contributed by atoms with E-state index in [4.69, 9.17) is 4.89 Å². The molecule has 0 aromatic rings. The van der Waals surface area contributed by atoms with E-state index in [-0.39, 0.29) is 0 Å². The van der Waals surface area contributed by atoms with Crippen LogP contribution in [0.25, 0.3) is 0 Å². The zero-order valence-corrected chi connectivity index (χ0v) is 11.7. The van der Waals surface area contributed by atoms with Gasteiger partial charge in [-0.3, -0.25) is 4.57 Å². The molecule has 0 aromatic heterocycles. The average molecular weight is 250 g/mol. The van der Waals surface area contributed by atoms with E-state index in [0.29, 0.717) is 6.61 Å². The highest BCUT2D eigenvalue weighted by atomic mass is 31.1. The van der Waals surface area contributed by atoms with Gasteiger partial charge in [0.25, 0.3) is 0 Å². The van der Waals surface area contributed by atoms with Crippen molar-refractivity contribution in [2.75, 3.05) is 6.61 Å². The van der Waals surface area contributed by atoms with Crippen LogP contribution < -0.4 is 0 Å². The third kappa shape index (κ3) is 14.1. The van der Waals surface area contributed by atoms with E-state index in [2.05, 4.69) is 18.4 Å². The molecule has 0 radical (unpaired) electrons. The van der Waals surface area contributed by atoms with Crippen LogP contribution in [0, 0.1) is 5.92 Å². The summed E-state index contributed by atoms with van der Waals surface area (Å²) >= 11 is 0. The van der Waals surface area contributed by atoms with Gasteiger partial charge in [-0.1, -0.05) is 58.8 Å². The molecule has 0 fully saturated rings. The van der Waals surface area contributed by atoms with Crippen LogP contribution in [0.2, 0.25) is 0 Å². The summed E-state index contributed by atoms with van der Waals surface area (Å²) in [6.07, 6.45) is 9.89. The van der Waals surface area contributed by atoms with Crippen molar-refractivity contribution in [2.24, 2.45) is 5.92 Å². The Hall–Kier alpha value is 0.150. The molecule has 1 N–H and O–H groups in total. The van der Waals surface area contributed by atoms with E-state index in [1.165, 1.54) is 38.5 Å². The Balaban J connectivity index is 2.96. The summed E-state index contributed by atoms with van der Waals surface area (Å²) in [5, 5.41) is 0. The van der Waals surface area contributed by atoms with Crippen LogP contribution in [0.1, 0.15) is 65.2 Å². The third-order valence-electron chi connectivity index (χ3n) is 2.65. The smallest absolute Gasteiger partial charge is 0.316 e. The summed E-state index contributed by atoms with van der Waals surface area (Å²) in [6.45, 7) is 4.97. The maximum absolute atomic E-state index is 10.2. The van der Waals surface area contributed by atoms with Crippen LogP contribution in [0.4, 0.5) is 0 Å². The molecule has 0 saturated heterocycles. The highest BCUT2D eigenvalue weighted by Crippen LogP contribution is 2.16. The molecular formula is C12H27O3P. The fourth-order valence-electron chi connectivity index (χ4n) is 1.70. The Labute approximate surface area is 101 Å². The van der Waals surface area contributed by atoms with E-state index in [1.54, 1.807) is 0 Å². The molecule has 1 unspecified atom stereocenters. The molecule has 0 rings (SSSR count). The fraction of sp³-hybridized carbons (Fsp3) is 1.00. The van der Waals surface area contributed by atoms with Gasteiger partial charge in [-0.25, -0.2) is 0 Å². The van der Waals surface area contributed by atoms with Crippen LogP contribution in [0.15, 0.2) is 0 Å². The maximum Gasteiger partial charge on any atom is 0.316 e. The molecule has 0 aromatic carbocycles. The van der Waals surface area contributed by atoms with Gasteiger partial charge in [-0.15, -0.1) is 0 Å². The quantitative estimate of drug-likeness (QED) is 0.442. The molecule has 16 heavy (non-hydrogen) atoms. The highest BCUT2D eigenvalue weighted by molar-refractivity contribution is 7.32. The molecule has 3 nitrogen and oxygen atoms in total. The molecule has 0 heterocycles. The summed E-state index contributed by atoms with van der Waals surface area (Å²) in [6, 6.07) is 0. The van der Waals surface area contributed by atoms with Gasteiger partial charge in [0.05, 0.1) is 6.61 Å². The fourth-order valence-corrected chi connectivity index (χ4v) is 2.02. The number of hydrogen-bond donors (Lipinski definition) is 1. The molecule has 0 aliphatic carbocycles. The Morgan fingerprint density at radius 1 is 1.00 bits per heavy atom. The van der Waals surface area contributed by atoms with E-state index < -0.39 is 8.25 Å². The molecule has 0 aliphatic rings. The van der Waals surface area contributed by atoms with Crippen LogP contribution in [-0.4, -0.2) is 11.5 Å². The van der Waals surface area contributed by atoms with Crippen LogP contribution in [-0.2, 0) is 9.09 Å². The minimum absolute atomic E-state index is 0.432. The Morgan fingerprint density at radius 2 is 1.50 bits per heavy atom. The van der Waals surface area contributed by atoms with Crippen molar-refractivity contribution >= 4 is 8.25 Å². The first-order chi connectivity index (χ1) is 7.63. The minimum atomic E-state index is -2.70. The van der Waals surface area contributed by atoms with Gasteiger partial charge < -0.3 is 9.42 Å². The summed E-state index contributed by atoms with van der Waals surface area (Å²) in [5.74, 6) is 0.832. The molecule has 0 spiro atoms. The highest BCUT2D eigenvalue weighted by Gasteiger charge is 1.96. The number of hydrogen-bond acceptors (Lipinski definition) is 2. The lowest BCUT2D eigenvalue weighted by atomic mass is 10.0. The summed E-state index contributed by atoms with van der Waals surface area (Å²) in [4.78, 5) is 8.42. The first-order valence-electron chi connectivity index (χ1n) is 6.48. The minimum Gasteiger partial charge on any atom is -0.326 e. The largest absolute Gasteiger partial charge is 0.326 e. The molecular weight excluding hydrogens is 223 g/mol. The van der Waals surface area contributed by atoms with Gasteiger partial charge in [-0.05, 0) is 12.3 Å². The second-order valence-corrected chi connectivity index (χ2v) is 5.59. The van der Waals surface area contributed by atoms with E-state index in [1.807, 2.05) is 0 Å². The first-order valence-corrected chi connectivity index (χ1v) is 7.75. The molecule has 1 atom stereocenters. The topological polar surface area (TPSA) is 46.5 Å². The van der Waals surface area contributed by atoms with E-state index in [9.17, 15) is 4.57 Å². The summed E-state index contributed by atoms with van der Waals surface area (Å²) in [5.41, 5.74) is 0. The summed E-state index contributed by atoms with van der Waals surface area (Å²) < 4.78 is 14.8. The molecule has 98 valence electrons. The van der Waals surface area contributed by atoms with Crippen molar-refractivity contribution in [3.8, 4) is 0 Å². The van der Waals surface area contributed by atoms with Crippen LogP contribution in [0.3, 0.4) is 0 Å². The normalized spacial score (nSPS) is 13.2. The van der Waals surface area contributed by atoms with Crippen LogP contribution in [0.5, 0.6) is 0 Å². The van der Waals surface area contributed by atoms with Gasteiger partial charge in [0.15, 0.2) is 0 Å². The maximum atomic E-state index is 10.2. The lowest BCUT2D eigenvalue weighted by Gasteiger charge is -2.04. The standard InChI is InChI=1S/C12H27O3P/c1-12(2)10-8-6-4-3-5-7-9-11-15-16(13)14/h12,16H,3-11H2,1-2H3,(H,13,14). The van der Waals surface area contributed by atoms with Crippen molar-refractivity contribution in [2.45, 2.75) is 65.2 Å². The van der Waals surface area contributed by atoms with Crippen molar-refractivity contribution in [3.05, 3.63) is 0 Å². The third-order valence-corrected chi connectivity index (χ3v) is 3.10. The van der Waals surface area contributed by atoms with Gasteiger partial charge in [0, 0.05) is 0 Å². The van der Waals surface area contributed by atoms with Crippen molar-refractivity contribution < 1.29 is 14.0 Å². The predicted octanol–water partition coefficient (Wildman–Crippen LogP) is 4.16. The van der Waals surface area contributed by atoms with Gasteiger partial charge in [0.1, 0.15) is 0 Å². The number of unbranched alkanes of at least 4 members (excludes halogenated alkanes) is 6. The Bertz CT molecular complexity index is 172. The second-order valence-electron chi connectivity index (χ2n) is 4.77. The monoisotopic (exact) mass is 250 g/mol. The van der Waals surface area contributed by atoms with E-state index >= 15 is 0 Å². The van der Waals surface area contributed by atoms with E-state index in [0.717, 1.165) is 18.8 Å². The number of rotatable bonds is 11. The Morgan fingerprint density at radius 3 is 2.00 bits per heavy atom. The lowest BCUT2D eigenvalue weighted by molar-refractivity contribution is 0.273. The predicted molar refractivity (Wildman–Crippen MR) is 68.9 cm³/mol. The second kappa shape index (κ2) is 11.6. The van der Waals surface area contributed by atoms with Crippen molar-refractivity contribution in [3.63, 3.8) is 0 Å². The summed E-state index contributed by atoms with van der Waals surface area (Å²) in [7, 11) is -2.70. The van der Waals surface area contributed by atoms with Crippen molar-refractivity contribution in [1.82, 2.24) is 0 Å². The molecule has 0 aliphatic heterocycles. The molecule has 0 amide bonds. The van der Waals surface area contributed by atoms with Gasteiger partial charge >= 0.3 is 8.25 Å². The lowest BCUT2D eigenvalue weighted by Crippen LogP contribution is -1.89. The van der Waals surface area contributed by atoms with Gasteiger partial charge in [-0.2, -0.15) is 0 Å². The Kier molecular flexibility index (Phi) is 11.7. The molecule has 4 heteroatoms. The molecule has 0 bridgehead atoms. The zero-order chi connectivity index (χ0) is 12.2. The average Bonchev–Trinajstić information content (AvgIpc) is 2.20.